The summed E-state index contributed by atoms with van der Waals surface area (Å²) in [4.78, 5) is 34.6. The average molecular weight is 312 g/mol. The summed E-state index contributed by atoms with van der Waals surface area (Å²) in [7, 11) is 0. The van der Waals surface area contributed by atoms with Gasteiger partial charge in [-0.3, -0.25) is 19.6 Å². The number of aromatic nitrogens is 5. The molecule has 118 valence electrons. The fraction of sp³-hybridized carbons (Fsp3) is 0.267. The zero-order valence-corrected chi connectivity index (χ0v) is 12.8. The van der Waals surface area contributed by atoms with Gasteiger partial charge in [-0.15, -0.1) is 5.10 Å². The number of H-pyrrole nitrogens is 1. The Hall–Kier alpha value is -3.03. The number of aromatic amines is 1. The number of nitrogens with one attached hydrogen (secondary N) is 2. The van der Waals surface area contributed by atoms with Gasteiger partial charge in [-0.05, 0) is 18.1 Å². The van der Waals surface area contributed by atoms with Gasteiger partial charge in [0.2, 0.25) is 11.7 Å². The monoisotopic (exact) mass is 312 g/mol. The van der Waals surface area contributed by atoms with Crippen LogP contribution in [0.25, 0.3) is 17.2 Å². The van der Waals surface area contributed by atoms with Crippen molar-refractivity contribution in [3.63, 3.8) is 0 Å². The molecule has 3 aromatic heterocycles. The molecule has 0 saturated heterocycles. The molecule has 0 atom stereocenters. The molecular formula is C15H16N6O2. The van der Waals surface area contributed by atoms with Crippen LogP contribution < -0.4 is 10.9 Å². The first-order chi connectivity index (χ1) is 11.0. The van der Waals surface area contributed by atoms with Gasteiger partial charge in [0.25, 0.3) is 5.56 Å². The van der Waals surface area contributed by atoms with Crippen LogP contribution in [-0.4, -0.2) is 30.5 Å². The second kappa shape index (κ2) is 5.99. The second-order valence-corrected chi connectivity index (χ2v) is 5.58. The molecule has 0 radical (unpaired) electrons. The minimum Gasteiger partial charge on any atom is -0.310 e. The topological polar surface area (TPSA) is 105 Å². The molecule has 2 N–H and O–H groups in total. The molecule has 0 unspecified atom stereocenters. The molecule has 0 bridgehead atoms. The molecule has 1 amide bonds. The van der Waals surface area contributed by atoms with E-state index < -0.39 is 0 Å². The van der Waals surface area contributed by atoms with Gasteiger partial charge >= 0.3 is 0 Å². The molecule has 0 aromatic carbocycles. The number of rotatable bonds is 4. The molecule has 3 rings (SSSR count). The molecule has 0 spiro atoms. The van der Waals surface area contributed by atoms with E-state index in [0.29, 0.717) is 12.2 Å². The highest BCUT2D eigenvalue weighted by molar-refractivity contribution is 5.90. The molecule has 0 aliphatic rings. The van der Waals surface area contributed by atoms with Crippen LogP contribution in [0.3, 0.4) is 0 Å². The molecule has 0 fully saturated rings. The van der Waals surface area contributed by atoms with Crippen molar-refractivity contribution in [2.24, 2.45) is 5.92 Å². The molecule has 0 aliphatic heterocycles. The Labute approximate surface area is 131 Å². The Morgan fingerprint density at radius 2 is 2.26 bits per heavy atom. The lowest BCUT2D eigenvalue weighted by Gasteiger charge is -2.07. The first-order valence-corrected chi connectivity index (χ1v) is 7.23. The van der Waals surface area contributed by atoms with Crippen molar-refractivity contribution < 1.29 is 4.79 Å². The molecule has 3 aromatic rings. The number of carbonyl (C=O) groups excluding carboxylic acids is 1. The molecule has 8 heteroatoms. The van der Waals surface area contributed by atoms with Gasteiger partial charge in [0.1, 0.15) is 5.82 Å². The average Bonchev–Trinajstić information content (AvgIpc) is 2.91. The van der Waals surface area contributed by atoms with E-state index >= 15 is 0 Å². The summed E-state index contributed by atoms with van der Waals surface area (Å²) in [6.45, 7) is 3.89. The van der Waals surface area contributed by atoms with E-state index in [1.807, 2.05) is 19.9 Å². The zero-order chi connectivity index (χ0) is 16.4. The summed E-state index contributed by atoms with van der Waals surface area (Å²) in [6.07, 6.45) is 3.64. The van der Waals surface area contributed by atoms with Crippen LogP contribution in [0.1, 0.15) is 20.3 Å². The second-order valence-electron chi connectivity index (χ2n) is 5.58. The number of amides is 1. The Balaban J connectivity index is 2.03. The summed E-state index contributed by atoms with van der Waals surface area (Å²) in [5, 5.41) is 7.04. The van der Waals surface area contributed by atoms with E-state index in [0.717, 1.165) is 5.56 Å². The Morgan fingerprint density at radius 3 is 2.96 bits per heavy atom. The van der Waals surface area contributed by atoms with Gasteiger partial charge in [0.05, 0.1) is 0 Å². The lowest BCUT2D eigenvalue weighted by molar-refractivity contribution is -0.116. The smallest absolute Gasteiger partial charge is 0.254 e. The van der Waals surface area contributed by atoms with E-state index in [1.165, 1.54) is 10.6 Å². The zero-order valence-electron chi connectivity index (χ0n) is 12.8. The molecule has 0 aliphatic carbocycles. The normalized spacial score (nSPS) is 11.1. The first-order valence-electron chi connectivity index (χ1n) is 7.23. The lowest BCUT2D eigenvalue weighted by atomic mass is 10.1. The number of carbonyl (C=O) groups is 1. The van der Waals surface area contributed by atoms with Crippen molar-refractivity contribution >= 4 is 17.5 Å². The van der Waals surface area contributed by atoms with Gasteiger partial charge in [0.15, 0.2) is 5.82 Å². The fourth-order valence-corrected chi connectivity index (χ4v) is 2.16. The van der Waals surface area contributed by atoms with E-state index in [9.17, 15) is 9.59 Å². The van der Waals surface area contributed by atoms with E-state index in [-0.39, 0.29) is 29.0 Å². The minimum absolute atomic E-state index is 0.176. The summed E-state index contributed by atoms with van der Waals surface area (Å²) < 4.78 is 1.40. The van der Waals surface area contributed by atoms with Crippen LogP contribution >= 0.6 is 0 Å². The number of hydrogen-bond acceptors (Lipinski definition) is 5. The molecule has 3 heterocycles. The van der Waals surface area contributed by atoms with Crippen molar-refractivity contribution in [1.29, 1.82) is 0 Å². The minimum atomic E-state index is -0.359. The number of anilines is 1. The maximum Gasteiger partial charge on any atom is 0.254 e. The highest BCUT2D eigenvalue weighted by atomic mass is 16.2. The predicted octanol–water partition coefficient (Wildman–Crippen LogP) is 1.46. The predicted molar refractivity (Wildman–Crippen MR) is 84.9 cm³/mol. The maximum absolute atomic E-state index is 12.0. The number of fused-ring (bicyclic) bond motifs is 1. The third-order valence-corrected chi connectivity index (χ3v) is 3.12. The van der Waals surface area contributed by atoms with Crippen LogP contribution in [0.5, 0.6) is 0 Å². The Bertz CT molecular complexity index is 897. The third kappa shape index (κ3) is 3.25. The summed E-state index contributed by atoms with van der Waals surface area (Å²) in [5.41, 5.74) is 0.360. The van der Waals surface area contributed by atoms with Crippen molar-refractivity contribution in [1.82, 2.24) is 24.6 Å². The van der Waals surface area contributed by atoms with Gasteiger partial charge < -0.3 is 5.32 Å². The molecule has 8 nitrogen and oxygen atoms in total. The number of pyridine rings is 1. The van der Waals surface area contributed by atoms with Crippen LogP contribution in [-0.2, 0) is 4.79 Å². The molecular weight excluding hydrogens is 296 g/mol. The largest absolute Gasteiger partial charge is 0.310 e. The highest BCUT2D eigenvalue weighted by Crippen LogP contribution is 2.16. The van der Waals surface area contributed by atoms with Crippen LogP contribution in [0.2, 0.25) is 0 Å². The summed E-state index contributed by atoms with van der Waals surface area (Å²) >= 11 is 0. The Morgan fingerprint density at radius 1 is 1.43 bits per heavy atom. The standard InChI is InChI=1S/C15H16N6O2/c1-9(2)6-12(22)17-11-7-13(23)18-15-19-14(20-21(11)15)10-4-3-5-16-8-10/h3-5,7-9H,6H2,1-2H3,(H,17,22)(H,18,19,20,23). The molecule has 0 saturated carbocycles. The van der Waals surface area contributed by atoms with Crippen molar-refractivity contribution in [2.75, 3.05) is 5.32 Å². The Kier molecular flexibility index (Phi) is 3.88. The number of nitrogens with zero attached hydrogens (tertiary/aromatic N) is 4. The maximum atomic E-state index is 12.0. The van der Waals surface area contributed by atoms with Gasteiger partial charge in [-0.1, -0.05) is 13.8 Å². The third-order valence-electron chi connectivity index (χ3n) is 3.12. The van der Waals surface area contributed by atoms with E-state index in [1.54, 1.807) is 18.5 Å². The van der Waals surface area contributed by atoms with Gasteiger partial charge in [-0.25, -0.2) is 0 Å². The van der Waals surface area contributed by atoms with E-state index in [4.69, 9.17) is 0 Å². The molecule has 23 heavy (non-hydrogen) atoms. The number of hydrogen-bond donors (Lipinski definition) is 2. The van der Waals surface area contributed by atoms with Crippen molar-refractivity contribution in [3.05, 3.63) is 40.9 Å². The SMILES string of the molecule is CC(C)CC(=O)Nc1cc(=O)[nH]c2nc(-c3cccnc3)nn12. The van der Waals surface area contributed by atoms with Crippen LogP contribution in [0.15, 0.2) is 35.4 Å². The van der Waals surface area contributed by atoms with Gasteiger partial charge in [-0.2, -0.15) is 9.50 Å². The fourth-order valence-electron chi connectivity index (χ4n) is 2.16. The lowest BCUT2D eigenvalue weighted by Crippen LogP contribution is -2.19. The highest BCUT2D eigenvalue weighted by Gasteiger charge is 2.13. The van der Waals surface area contributed by atoms with Gasteiger partial charge in [0, 0.05) is 30.4 Å². The quantitative estimate of drug-likeness (QED) is 0.759. The summed E-state index contributed by atoms with van der Waals surface area (Å²) in [5.74, 6) is 1.01. The van der Waals surface area contributed by atoms with Crippen LogP contribution in [0.4, 0.5) is 5.82 Å². The van der Waals surface area contributed by atoms with Crippen LogP contribution in [0, 0.1) is 5.92 Å². The van der Waals surface area contributed by atoms with Crippen molar-refractivity contribution in [3.8, 4) is 11.4 Å². The first kappa shape index (κ1) is 14.9. The summed E-state index contributed by atoms with van der Waals surface area (Å²) in [6, 6.07) is 4.87. The van der Waals surface area contributed by atoms with Crippen molar-refractivity contribution in [2.45, 2.75) is 20.3 Å². The van der Waals surface area contributed by atoms with E-state index in [2.05, 4.69) is 25.4 Å².